The summed E-state index contributed by atoms with van der Waals surface area (Å²) in [5, 5.41) is -0.107. The molecule has 0 bridgehead atoms. The molecule has 0 aliphatic heterocycles. The number of nitrogens with two attached hydrogens (primary N) is 1. The monoisotopic (exact) mass is 287 g/mol. The summed E-state index contributed by atoms with van der Waals surface area (Å²) in [7, 11) is -3.40. The van der Waals surface area contributed by atoms with Crippen LogP contribution in [0.2, 0.25) is 5.02 Å². The molecular formula is C13H18ClNO2S. The van der Waals surface area contributed by atoms with Crippen LogP contribution in [0.5, 0.6) is 0 Å². The van der Waals surface area contributed by atoms with Gasteiger partial charge >= 0.3 is 0 Å². The van der Waals surface area contributed by atoms with Crippen molar-refractivity contribution >= 4 is 27.1 Å². The largest absolute Gasteiger partial charge is 0.398 e. The van der Waals surface area contributed by atoms with Gasteiger partial charge in [0.25, 0.3) is 0 Å². The maximum absolute atomic E-state index is 12.6. The summed E-state index contributed by atoms with van der Waals surface area (Å²) in [5.41, 5.74) is 6.03. The van der Waals surface area contributed by atoms with E-state index in [1.165, 1.54) is 0 Å². The minimum Gasteiger partial charge on any atom is -0.398 e. The Balaban J connectivity index is 2.37. The fraction of sp³-hybridized carbons (Fsp3) is 0.538. The van der Waals surface area contributed by atoms with Crippen molar-refractivity contribution in [2.45, 2.75) is 42.8 Å². The Hall–Kier alpha value is -0.740. The Bertz CT molecular complexity index is 514. The van der Waals surface area contributed by atoms with Crippen molar-refractivity contribution in [3.63, 3.8) is 0 Å². The van der Waals surface area contributed by atoms with E-state index in [1.54, 1.807) is 18.2 Å². The highest BCUT2D eigenvalue weighted by Gasteiger charge is 2.33. The normalized spacial score (nSPS) is 25.0. The predicted molar refractivity (Wildman–Crippen MR) is 74.5 cm³/mol. The van der Waals surface area contributed by atoms with E-state index in [0.717, 1.165) is 12.8 Å². The third kappa shape index (κ3) is 2.50. The Morgan fingerprint density at radius 1 is 1.22 bits per heavy atom. The first kappa shape index (κ1) is 13.7. The summed E-state index contributed by atoms with van der Waals surface area (Å²) in [5.74, 6) is 0.611. The number of sulfone groups is 1. The van der Waals surface area contributed by atoms with Gasteiger partial charge in [-0.3, -0.25) is 0 Å². The predicted octanol–water partition coefficient (Wildman–Crippen LogP) is 3.27. The summed E-state index contributed by atoms with van der Waals surface area (Å²) in [6, 6.07) is 4.83. The second-order valence-corrected chi connectivity index (χ2v) is 7.66. The van der Waals surface area contributed by atoms with E-state index in [2.05, 4.69) is 6.92 Å². The van der Waals surface area contributed by atoms with Crippen molar-refractivity contribution < 1.29 is 8.42 Å². The van der Waals surface area contributed by atoms with Gasteiger partial charge in [-0.1, -0.05) is 24.6 Å². The molecule has 1 aromatic carbocycles. The minimum absolute atomic E-state index is 0.117. The quantitative estimate of drug-likeness (QED) is 0.849. The van der Waals surface area contributed by atoms with Gasteiger partial charge in [0.05, 0.1) is 16.0 Å². The smallest absolute Gasteiger partial charge is 0.184 e. The summed E-state index contributed by atoms with van der Waals surface area (Å²) in [6.45, 7) is 2.16. The topological polar surface area (TPSA) is 60.2 Å². The first-order chi connectivity index (χ1) is 8.43. The fourth-order valence-electron chi connectivity index (χ4n) is 2.53. The van der Waals surface area contributed by atoms with E-state index < -0.39 is 9.84 Å². The van der Waals surface area contributed by atoms with Crippen molar-refractivity contribution in [3.8, 4) is 0 Å². The highest BCUT2D eigenvalue weighted by Crippen LogP contribution is 2.36. The van der Waals surface area contributed by atoms with Gasteiger partial charge in [0.2, 0.25) is 0 Å². The SMILES string of the molecule is CC1CCC(S(=O)(=O)c2c(N)cccc2Cl)CC1. The molecule has 1 fully saturated rings. The molecule has 2 N–H and O–H groups in total. The molecule has 0 heterocycles. The lowest BCUT2D eigenvalue weighted by atomic mass is 9.91. The highest BCUT2D eigenvalue weighted by atomic mass is 35.5. The molecular weight excluding hydrogens is 270 g/mol. The number of benzene rings is 1. The van der Waals surface area contributed by atoms with Crippen molar-refractivity contribution in [2.24, 2.45) is 5.92 Å². The molecule has 1 aliphatic carbocycles. The first-order valence-electron chi connectivity index (χ1n) is 6.21. The van der Waals surface area contributed by atoms with E-state index in [4.69, 9.17) is 17.3 Å². The number of hydrogen-bond acceptors (Lipinski definition) is 3. The Morgan fingerprint density at radius 2 is 1.83 bits per heavy atom. The van der Waals surface area contributed by atoms with Gasteiger partial charge in [0, 0.05) is 0 Å². The highest BCUT2D eigenvalue weighted by molar-refractivity contribution is 7.92. The lowest BCUT2D eigenvalue weighted by Gasteiger charge is -2.26. The first-order valence-corrected chi connectivity index (χ1v) is 8.13. The van der Waals surface area contributed by atoms with Gasteiger partial charge in [-0.15, -0.1) is 0 Å². The molecule has 5 heteroatoms. The van der Waals surface area contributed by atoms with E-state index in [0.29, 0.717) is 18.8 Å². The molecule has 0 spiro atoms. The molecule has 1 aliphatic rings. The van der Waals surface area contributed by atoms with Gasteiger partial charge in [-0.25, -0.2) is 8.42 Å². The fourth-order valence-corrected chi connectivity index (χ4v) is 5.00. The zero-order valence-corrected chi connectivity index (χ0v) is 12.0. The van der Waals surface area contributed by atoms with E-state index in [-0.39, 0.29) is 20.9 Å². The lowest BCUT2D eigenvalue weighted by Crippen LogP contribution is -2.27. The zero-order valence-electron chi connectivity index (χ0n) is 10.4. The van der Waals surface area contributed by atoms with Gasteiger partial charge in [-0.2, -0.15) is 0 Å². The van der Waals surface area contributed by atoms with Crippen LogP contribution in [-0.4, -0.2) is 13.7 Å². The Morgan fingerprint density at radius 3 is 2.39 bits per heavy atom. The van der Waals surface area contributed by atoms with Gasteiger partial charge < -0.3 is 5.73 Å². The third-order valence-corrected chi connectivity index (χ3v) is 6.48. The molecule has 0 radical (unpaired) electrons. The van der Waals surface area contributed by atoms with Crippen molar-refractivity contribution in [1.29, 1.82) is 0 Å². The molecule has 0 aromatic heterocycles. The van der Waals surface area contributed by atoms with Crippen LogP contribution in [0, 0.1) is 5.92 Å². The second kappa shape index (κ2) is 5.10. The van der Waals surface area contributed by atoms with Gasteiger partial charge in [0.15, 0.2) is 9.84 Å². The number of rotatable bonds is 2. The number of anilines is 1. The Labute approximate surface area is 113 Å². The average Bonchev–Trinajstić information content (AvgIpc) is 2.29. The van der Waals surface area contributed by atoms with Gasteiger partial charge in [-0.05, 0) is 43.7 Å². The summed E-state index contributed by atoms with van der Waals surface area (Å²) in [6.07, 6.45) is 3.31. The summed E-state index contributed by atoms with van der Waals surface area (Å²) >= 11 is 6.00. The zero-order chi connectivity index (χ0) is 13.3. The van der Waals surface area contributed by atoms with Crippen LogP contribution < -0.4 is 5.73 Å². The molecule has 1 aromatic rings. The van der Waals surface area contributed by atoms with Crippen molar-refractivity contribution in [1.82, 2.24) is 0 Å². The maximum Gasteiger partial charge on any atom is 0.184 e. The average molecular weight is 288 g/mol. The van der Waals surface area contributed by atoms with Crippen LogP contribution >= 0.6 is 11.6 Å². The maximum atomic E-state index is 12.6. The molecule has 100 valence electrons. The van der Waals surface area contributed by atoms with Gasteiger partial charge in [0.1, 0.15) is 4.90 Å². The molecule has 0 atom stereocenters. The molecule has 0 unspecified atom stereocenters. The third-order valence-electron chi connectivity index (χ3n) is 3.68. The lowest BCUT2D eigenvalue weighted by molar-refractivity contribution is 0.382. The standard InChI is InChI=1S/C13H18ClNO2S/c1-9-5-7-10(8-6-9)18(16,17)13-11(14)3-2-4-12(13)15/h2-4,9-10H,5-8,15H2,1H3. The number of hydrogen-bond donors (Lipinski definition) is 1. The molecule has 0 saturated heterocycles. The molecule has 2 rings (SSSR count). The minimum atomic E-state index is -3.40. The van der Waals surface area contributed by atoms with Crippen LogP contribution in [0.1, 0.15) is 32.6 Å². The molecule has 1 saturated carbocycles. The van der Waals surface area contributed by atoms with Crippen LogP contribution in [0.25, 0.3) is 0 Å². The molecule has 0 amide bonds. The van der Waals surface area contributed by atoms with Crippen LogP contribution in [0.4, 0.5) is 5.69 Å². The number of halogens is 1. The van der Waals surface area contributed by atoms with Crippen molar-refractivity contribution in [2.75, 3.05) is 5.73 Å². The van der Waals surface area contributed by atoms with E-state index in [9.17, 15) is 8.42 Å². The van der Waals surface area contributed by atoms with Crippen molar-refractivity contribution in [3.05, 3.63) is 23.2 Å². The molecule has 18 heavy (non-hydrogen) atoms. The summed E-state index contributed by atoms with van der Waals surface area (Å²) in [4.78, 5) is 0.117. The molecule has 3 nitrogen and oxygen atoms in total. The summed E-state index contributed by atoms with van der Waals surface area (Å²) < 4.78 is 25.1. The van der Waals surface area contributed by atoms with Crippen LogP contribution in [0.15, 0.2) is 23.1 Å². The Kier molecular flexibility index (Phi) is 3.87. The second-order valence-electron chi connectivity index (χ2n) is 5.09. The van der Waals surface area contributed by atoms with E-state index in [1.807, 2.05) is 0 Å². The van der Waals surface area contributed by atoms with Crippen LogP contribution in [-0.2, 0) is 9.84 Å². The number of nitrogen functional groups attached to an aromatic ring is 1. The van der Waals surface area contributed by atoms with Crippen LogP contribution in [0.3, 0.4) is 0 Å². The van der Waals surface area contributed by atoms with E-state index >= 15 is 0 Å².